The average molecular weight is 452 g/mol. The summed E-state index contributed by atoms with van der Waals surface area (Å²) in [5.41, 5.74) is 1.01. The van der Waals surface area contributed by atoms with Gasteiger partial charge in [0.05, 0.1) is 25.3 Å². The minimum Gasteiger partial charge on any atom is -0.507 e. The van der Waals surface area contributed by atoms with Gasteiger partial charge in [0, 0.05) is 5.56 Å². The molecular weight excluding hydrogens is 430 g/mol. The molecule has 1 N–H and O–H groups in total. The van der Waals surface area contributed by atoms with E-state index in [4.69, 9.17) is 9.47 Å². The predicted octanol–water partition coefficient (Wildman–Crippen LogP) is 3.88. The van der Waals surface area contributed by atoms with Gasteiger partial charge < -0.3 is 14.6 Å². The number of aromatic nitrogens is 2. The first-order chi connectivity index (χ1) is 15.4. The number of ketones is 1. The average Bonchev–Trinajstić information content (AvgIpc) is 3.34. The van der Waals surface area contributed by atoms with Crippen LogP contribution in [0.15, 0.2) is 54.1 Å². The van der Waals surface area contributed by atoms with Crippen LogP contribution in [0.3, 0.4) is 0 Å². The molecule has 8 nitrogen and oxygen atoms in total. The van der Waals surface area contributed by atoms with Crippen LogP contribution < -0.4 is 14.4 Å². The van der Waals surface area contributed by atoms with Crippen LogP contribution in [0.2, 0.25) is 0 Å². The van der Waals surface area contributed by atoms with Gasteiger partial charge in [-0.3, -0.25) is 14.5 Å². The van der Waals surface area contributed by atoms with Crippen LogP contribution in [-0.2, 0) is 9.59 Å². The van der Waals surface area contributed by atoms with Crippen LogP contribution in [0.5, 0.6) is 11.5 Å². The zero-order valence-corrected chi connectivity index (χ0v) is 18.5. The fourth-order valence-corrected chi connectivity index (χ4v) is 4.26. The molecule has 0 aliphatic carbocycles. The van der Waals surface area contributed by atoms with Crippen LogP contribution in [0.4, 0.5) is 5.13 Å². The number of hydrogen-bond donors (Lipinski definition) is 1. The van der Waals surface area contributed by atoms with Crippen molar-refractivity contribution in [2.45, 2.75) is 19.9 Å². The fraction of sp³-hybridized carbons (Fsp3) is 0.217. The molecule has 9 heteroatoms. The Morgan fingerprint density at radius 3 is 2.28 bits per heavy atom. The third kappa shape index (κ3) is 3.82. The topological polar surface area (TPSA) is 102 Å². The third-order valence-electron chi connectivity index (χ3n) is 5.04. The number of nitrogens with zero attached hydrogens (tertiary/aromatic N) is 3. The molecule has 0 radical (unpaired) electrons. The SMILES string of the molecule is CCOc1ccc(/C(O)=C2/C(=O)C(=O)N(c3nnc(C)s3)C2c2ccc(OC)cc2)cc1. The second-order valence-electron chi connectivity index (χ2n) is 7.00. The van der Waals surface area contributed by atoms with Crippen LogP contribution in [0.25, 0.3) is 5.76 Å². The van der Waals surface area contributed by atoms with E-state index in [2.05, 4.69) is 10.2 Å². The molecule has 32 heavy (non-hydrogen) atoms. The van der Waals surface area contributed by atoms with Crippen LogP contribution in [0.1, 0.15) is 29.1 Å². The number of aryl methyl sites for hydroxylation is 1. The summed E-state index contributed by atoms with van der Waals surface area (Å²) in [5.74, 6) is -0.556. The summed E-state index contributed by atoms with van der Waals surface area (Å²) in [6.45, 7) is 4.15. The van der Waals surface area contributed by atoms with Gasteiger partial charge in [-0.05, 0) is 55.8 Å². The van der Waals surface area contributed by atoms with Crippen molar-refractivity contribution in [3.05, 3.63) is 70.2 Å². The molecule has 4 rings (SSSR count). The first-order valence-electron chi connectivity index (χ1n) is 9.93. The van der Waals surface area contributed by atoms with E-state index < -0.39 is 17.7 Å². The molecule has 3 aromatic rings. The second kappa shape index (κ2) is 8.80. The van der Waals surface area contributed by atoms with E-state index >= 15 is 0 Å². The molecular formula is C23H21N3O5S. The number of rotatable bonds is 6. The van der Waals surface area contributed by atoms with Crippen molar-refractivity contribution in [1.29, 1.82) is 0 Å². The van der Waals surface area contributed by atoms with Gasteiger partial charge in [0.15, 0.2) is 0 Å². The molecule has 0 spiro atoms. The molecule has 1 aliphatic heterocycles. The number of anilines is 1. The van der Waals surface area contributed by atoms with E-state index in [9.17, 15) is 14.7 Å². The number of methoxy groups -OCH3 is 1. The van der Waals surface area contributed by atoms with Gasteiger partial charge in [0.2, 0.25) is 5.13 Å². The number of Topliss-reactive ketones (excluding diaryl/α,β-unsaturated/α-hetero) is 1. The quantitative estimate of drug-likeness (QED) is 0.345. The molecule has 2 heterocycles. The summed E-state index contributed by atoms with van der Waals surface area (Å²) < 4.78 is 10.7. The molecule has 164 valence electrons. The van der Waals surface area contributed by atoms with Crippen LogP contribution in [0, 0.1) is 6.92 Å². The number of aliphatic hydroxyl groups is 1. The highest BCUT2D eigenvalue weighted by molar-refractivity contribution is 7.15. The van der Waals surface area contributed by atoms with Crippen molar-refractivity contribution in [3.63, 3.8) is 0 Å². The van der Waals surface area contributed by atoms with Gasteiger partial charge in [-0.1, -0.05) is 23.5 Å². The van der Waals surface area contributed by atoms with Crippen LogP contribution in [-0.4, -0.2) is 40.7 Å². The van der Waals surface area contributed by atoms with E-state index in [1.807, 2.05) is 6.92 Å². The Morgan fingerprint density at radius 2 is 1.72 bits per heavy atom. The molecule has 1 unspecified atom stereocenters. The van der Waals surface area contributed by atoms with E-state index in [0.717, 1.165) is 0 Å². The molecule has 1 atom stereocenters. The van der Waals surface area contributed by atoms with Crippen molar-refractivity contribution in [3.8, 4) is 11.5 Å². The van der Waals surface area contributed by atoms with Gasteiger partial charge in [-0.15, -0.1) is 10.2 Å². The summed E-state index contributed by atoms with van der Waals surface area (Å²) >= 11 is 1.20. The summed E-state index contributed by atoms with van der Waals surface area (Å²) in [6.07, 6.45) is 0. The molecule has 2 aromatic carbocycles. The number of amides is 1. The third-order valence-corrected chi connectivity index (χ3v) is 5.87. The summed E-state index contributed by atoms with van der Waals surface area (Å²) in [5, 5.41) is 20.1. The lowest BCUT2D eigenvalue weighted by Crippen LogP contribution is -2.29. The molecule has 1 aliphatic rings. The molecule has 1 aromatic heterocycles. The zero-order valence-electron chi connectivity index (χ0n) is 17.7. The lowest BCUT2D eigenvalue weighted by molar-refractivity contribution is -0.132. The van der Waals surface area contributed by atoms with Crippen molar-refractivity contribution < 1.29 is 24.2 Å². The smallest absolute Gasteiger partial charge is 0.301 e. The molecule has 0 saturated carbocycles. The summed E-state index contributed by atoms with van der Waals surface area (Å²) in [7, 11) is 1.55. The van der Waals surface area contributed by atoms with Gasteiger partial charge in [0.25, 0.3) is 5.78 Å². The first-order valence-corrected chi connectivity index (χ1v) is 10.7. The Hall–Kier alpha value is -3.72. The minimum atomic E-state index is -0.861. The van der Waals surface area contributed by atoms with Crippen molar-refractivity contribution in [1.82, 2.24) is 10.2 Å². The fourth-order valence-electron chi connectivity index (χ4n) is 3.55. The number of aliphatic hydroxyl groups excluding tert-OH is 1. The maximum atomic E-state index is 13.1. The van der Waals surface area contributed by atoms with Gasteiger partial charge >= 0.3 is 5.91 Å². The van der Waals surface area contributed by atoms with E-state index in [1.165, 1.54) is 16.2 Å². The lowest BCUT2D eigenvalue weighted by Gasteiger charge is -2.22. The summed E-state index contributed by atoms with van der Waals surface area (Å²) in [4.78, 5) is 27.4. The molecule has 1 fully saturated rings. The highest BCUT2D eigenvalue weighted by Gasteiger charge is 2.48. The van der Waals surface area contributed by atoms with Crippen molar-refractivity contribution >= 4 is 33.9 Å². The normalized spacial score (nSPS) is 17.6. The second-order valence-corrected chi connectivity index (χ2v) is 8.16. The van der Waals surface area contributed by atoms with Gasteiger partial charge in [-0.25, -0.2) is 0 Å². The number of benzene rings is 2. The Labute approximate surface area is 188 Å². The Bertz CT molecular complexity index is 1190. The largest absolute Gasteiger partial charge is 0.507 e. The van der Waals surface area contributed by atoms with Gasteiger partial charge in [-0.2, -0.15) is 0 Å². The van der Waals surface area contributed by atoms with E-state index in [0.29, 0.717) is 34.2 Å². The monoisotopic (exact) mass is 451 g/mol. The number of carbonyl (C=O) groups is 2. The first kappa shape index (κ1) is 21.5. The van der Waals surface area contributed by atoms with Gasteiger partial charge in [0.1, 0.15) is 22.3 Å². The Balaban J connectivity index is 1.86. The summed E-state index contributed by atoms with van der Waals surface area (Å²) in [6, 6.07) is 12.8. The van der Waals surface area contributed by atoms with Crippen molar-refractivity contribution in [2.24, 2.45) is 0 Å². The number of hydrogen-bond acceptors (Lipinski definition) is 8. The predicted molar refractivity (Wildman–Crippen MR) is 120 cm³/mol. The highest BCUT2D eigenvalue weighted by Crippen LogP contribution is 2.43. The van der Waals surface area contributed by atoms with E-state index in [1.54, 1.807) is 62.6 Å². The van der Waals surface area contributed by atoms with E-state index in [-0.39, 0.29) is 16.5 Å². The molecule has 0 bridgehead atoms. The number of carbonyl (C=O) groups excluding carboxylic acids is 2. The highest BCUT2D eigenvalue weighted by atomic mass is 32.1. The number of ether oxygens (including phenoxy) is 2. The zero-order chi connectivity index (χ0) is 22.8. The lowest BCUT2D eigenvalue weighted by atomic mass is 9.95. The molecule has 1 saturated heterocycles. The Morgan fingerprint density at radius 1 is 1.06 bits per heavy atom. The Kier molecular flexibility index (Phi) is 5.91. The minimum absolute atomic E-state index is 0.0165. The van der Waals surface area contributed by atoms with Crippen molar-refractivity contribution in [2.75, 3.05) is 18.6 Å². The maximum absolute atomic E-state index is 13.1. The molecule has 1 amide bonds. The van der Waals surface area contributed by atoms with Crippen LogP contribution >= 0.6 is 11.3 Å². The standard InChI is InChI=1S/C23H21N3O5S/c1-4-31-17-11-7-15(8-12-17)20(27)18-19(14-5-9-16(30-3)10-6-14)26(22(29)21(18)28)23-25-24-13(2)32-23/h5-12,19,27H,4H2,1-3H3/b20-18-. The maximum Gasteiger partial charge on any atom is 0.301 e.